The van der Waals surface area contributed by atoms with Gasteiger partial charge in [-0.15, -0.1) is 0 Å². The lowest BCUT2D eigenvalue weighted by Gasteiger charge is -2.10. The van der Waals surface area contributed by atoms with Crippen LogP contribution in [-0.4, -0.2) is 0 Å². The Kier molecular flexibility index (Phi) is 4.44. The number of hydrogen-bond donors (Lipinski definition) is 0. The zero-order valence-corrected chi connectivity index (χ0v) is 12.3. The maximum Gasteiger partial charge on any atom is 0.0406 e. The molecule has 0 aromatic heterocycles. The van der Waals surface area contributed by atoms with E-state index in [0.717, 1.165) is 17.9 Å². The Hall–Kier alpha value is -1.53. The van der Waals surface area contributed by atoms with E-state index < -0.39 is 0 Å². The molecule has 0 bridgehead atoms. The van der Waals surface area contributed by atoms with Crippen LogP contribution in [0.5, 0.6) is 0 Å². The van der Waals surface area contributed by atoms with Gasteiger partial charge in [-0.25, -0.2) is 0 Å². The van der Waals surface area contributed by atoms with Crippen LogP contribution in [0.3, 0.4) is 0 Å². The molecule has 1 heteroatoms. The maximum atomic E-state index is 5.89. The molecule has 0 spiro atoms. The van der Waals surface area contributed by atoms with Gasteiger partial charge in [0.15, 0.2) is 0 Å². The highest BCUT2D eigenvalue weighted by molar-refractivity contribution is 6.30. The second-order valence-electron chi connectivity index (χ2n) is 5.05. The molecule has 0 heterocycles. The van der Waals surface area contributed by atoms with Crippen LogP contribution in [0.1, 0.15) is 28.7 Å². The fourth-order valence-electron chi connectivity index (χ4n) is 2.29. The number of halogens is 1. The van der Waals surface area contributed by atoms with Crippen LogP contribution in [0.15, 0.2) is 49.0 Å². The molecule has 0 N–H and O–H groups in total. The van der Waals surface area contributed by atoms with Gasteiger partial charge < -0.3 is 0 Å². The molecule has 0 aliphatic heterocycles. The van der Waals surface area contributed by atoms with Gasteiger partial charge in [0, 0.05) is 5.02 Å². The van der Waals surface area contributed by atoms with Crippen molar-refractivity contribution in [1.29, 1.82) is 0 Å². The Labute approximate surface area is 120 Å². The Balaban J connectivity index is 2.03. The largest absolute Gasteiger partial charge is 0.0952 e. The Morgan fingerprint density at radius 1 is 1.05 bits per heavy atom. The Morgan fingerprint density at radius 2 is 1.74 bits per heavy atom. The van der Waals surface area contributed by atoms with Crippen molar-refractivity contribution in [2.45, 2.75) is 26.7 Å². The third kappa shape index (κ3) is 3.71. The van der Waals surface area contributed by atoms with Crippen molar-refractivity contribution >= 4 is 17.2 Å². The van der Waals surface area contributed by atoms with Gasteiger partial charge in [0.05, 0.1) is 0 Å². The van der Waals surface area contributed by atoms with E-state index in [0.29, 0.717) is 0 Å². The van der Waals surface area contributed by atoms with Crippen molar-refractivity contribution in [2.24, 2.45) is 0 Å². The molecule has 0 fully saturated rings. The molecule has 2 aromatic rings. The molecule has 0 saturated heterocycles. The summed E-state index contributed by atoms with van der Waals surface area (Å²) in [5.41, 5.74) is 6.38. The topological polar surface area (TPSA) is 0 Å². The van der Waals surface area contributed by atoms with Crippen LogP contribution < -0.4 is 0 Å². The highest BCUT2D eigenvalue weighted by Crippen LogP contribution is 2.23. The lowest BCUT2D eigenvalue weighted by Crippen LogP contribution is -1.92. The molecule has 2 rings (SSSR count). The summed E-state index contributed by atoms with van der Waals surface area (Å²) >= 11 is 5.89. The zero-order valence-electron chi connectivity index (χ0n) is 11.5. The highest BCUT2D eigenvalue weighted by Gasteiger charge is 2.04. The average molecular weight is 271 g/mol. The second-order valence-corrected chi connectivity index (χ2v) is 5.48. The van der Waals surface area contributed by atoms with Crippen LogP contribution in [0.4, 0.5) is 0 Å². The van der Waals surface area contributed by atoms with Crippen LogP contribution >= 0.6 is 11.6 Å². The molecule has 0 saturated carbocycles. The predicted molar refractivity (Wildman–Crippen MR) is 84.7 cm³/mol. The lowest BCUT2D eigenvalue weighted by molar-refractivity contribution is 1.02. The zero-order chi connectivity index (χ0) is 13.8. The molecule has 98 valence electrons. The number of aryl methyl sites for hydroxylation is 3. The Morgan fingerprint density at radius 3 is 2.37 bits per heavy atom. The van der Waals surface area contributed by atoms with Crippen LogP contribution in [0, 0.1) is 13.8 Å². The minimum Gasteiger partial charge on any atom is -0.0952 e. The Bertz CT molecular complexity index is 579. The quantitative estimate of drug-likeness (QED) is 0.678. The third-order valence-corrected chi connectivity index (χ3v) is 3.64. The number of benzene rings is 2. The molecule has 0 atom stereocenters. The van der Waals surface area contributed by atoms with E-state index in [1.54, 1.807) is 0 Å². The van der Waals surface area contributed by atoms with E-state index in [2.05, 4.69) is 50.8 Å². The first kappa shape index (κ1) is 13.9. The SMILES string of the molecule is C=C(CCc1ccc(Cl)cc1)c1ccc(C)cc1C. The smallest absolute Gasteiger partial charge is 0.0406 e. The summed E-state index contributed by atoms with van der Waals surface area (Å²) < 4.78 is 0. The molecule has 0 aliphatic carbocycles. The minimum atomic E-state index is 0.789. The minimum absolute atomic E-state index is 0.789. The summed E-state index contributed by atoms with van der Waals surface area (Å²) in [5, 5.41) is 0.789. The summed E-state index contributed by atoms with van der Waals surface area (Å²) in [4.78, 5) is 0. The van der Waals surface area contributed by atoms with Gasteiger partial charge in [0.25, 0.3) is 0 Å². The monoisotopic (exact) mass is 270 g/mol. The van der Waals surface area contributed by atoms with E-state index in [9.17, 15) is 0 Å². The summed E-state index contributed by atoms with van der Waals surface area (Å²) in [7, 11) is 0. The van der Waals surface area contributed by atoms with Gasteiger partial charge in [-0.05, 0) is 61.1 Å². The van der Waals surface area contributed by atoms with Gasteiger partial charge in [0.2, 0.25) is 0 Å². The molecule has 0 amide bonds. The molecular formula is C18H19Cl. The van der Waals surface area contributed by atoms with Crippen molar-refractivity contribution in [2.75, 3.05) is 0 Å². The van der Waals surface area contributed by atoms with Gasteiger partial charge in [-0.2, -0.15) is 0 Å². The molecule has 0 aliphatic rings. The molecule has 0 radical (unpaired) electrons. The van der Waals surface area contributed by atoms with Gasteiger partial charge in [0.1, 0.15) is 0 Å². The standard InChI is InChI=1S/C18H19Cl/c1-13-4-11-18(15(3)12-13)14(2)5-6-16-7-9-17(19)10-8-16/h4,7-12H,2,5-6H2,1,3H3. The van der Waals surface area contributed by atoms with E-state index in [-0.39, 0.29) is 0 Å². The number of allylic oxidation sites excluding steroid dienone is 1. The first-order valence-electron chi connectivity index (χ1n) is 6.56. The van der Waals surface area contributed by atoms with E-state index in [1.165, 1.54) is 27.8 Å². The van der Waals surface area contributed by atoms with Crippen molar-refractivity contribution in [1.82, 2.24) is 0 Å². The second kappa shape index (κ2) is 6.08. The van der Waals surface area contributed by atoms with Crippen molar-refractivity contribution < 1.29 is 0 Å². The molecule has 0 unspecified atom stereocenters. The van der Waals surface area contributed by atoms with Gasteiger partial charge in [-0.3, -0.25) is 0 Å². The van der Waals surface area contributed by atoms with Crippen LogP contribution in [0.25, 0.3) is 5.57 Å². The highest BCUT2D eigenvalue weighted by atomic mass is 35.5. The fraction of sp³-hybridized carbons (Fsp3) is 0.222. The lowest BCUT2D eigenvalue weighted by atomic mass is 9.95. The average Bonchev–Trinajstić information content (AvgIpc) is 2.37. The number of hydrogen-bond acceptors (Lipinski definition) is 0. The molecular weight excluding hydrogens is 252 g/mol. The third-order valence-electron chi connectivity index (χ3n) is 3.39. The van der Waals surface area contributed by atoms with Crippen LogP contribution in [-0.2, 0) is 6.42 Å². The van der Waals surface area contributed by atoms with E-state index >= 15 is 0 Å². The van der Waals surface area contributed by atoms with Crippen molar-refractivity contribution in [3.05, 3.63) is 76.3 Å². The van der Waals surface area contributed by atoms with Crippen LogP contribution in [0.2, 0.25) is 5.02 Å². The molecule has 0 nitrogen and oxygen atoms in total. The molecule has 19 heavy (non-hydrogen) atoms. The summed E-state index contributed by atoms with van der Waals surface area (Å²) in [5.74, 6) is 0. The van der Waals surface area contributed by atoms with E-state index in [4.69, 9.17) is 11.6 Å². The van der Waals surface area contributed by atoms with Gasteiger partial charge >= 0.3 is 0 Å². The summed E-state index contributed by atoms with van der Waals surface area (Å²) in [6.45, 7) is 8.49. The van der Waals surface area contributed by atoms with E-state index in [1.807, 2.05) is 12.1 Å². The first-order valence-corrected chi connectivity index (χ1v) is 6.94. The molecule has 2 aromatic carbocycles. The first-order chi connectivity index (χ1) is 9.06. The fourth-order valence-corrected chi connectivity index (χ4v) is 2.42. The predicted octanol–water partition coefficient (Wildman–Crippen LogP) is 5.60. The van der Waals surface area contributed by atoms with Gasteiger partial charge in [-0.1, -0.05) is 54.1 Å². The maximum absolute atomic E-state index is 5.89. The summed E-state index contributed by atoms with van der Waals surface area (Å²) in [6.07, 6.45) is 1.98. The number of rotatable bonds is 4. The van der Waals surface area contributed by atoms with Crippen molar-refractivity contribution in [3.63, 3.8) is 0 Å². The summed E-state index contributed by atoms with van der Waals surface area (Å²) in [6, 6.07) is 14.6. The normalized spacial score (nSPS) is 10.5. The van der Waals surface area contributed by atoms with Crippen molar-refractivity contribution in [3.8, 4) is 0 Å².